The maximum atomic E-state index is 12.9. The van der Waals surface area contributed by atoms with Crippen LogP contribution in [0.3, 0.4) is 0 Å². The lowest BCUT2D eigenvalue weighted by molar-refractivity contribution is 0.0982. The van der Waals surface area contributed by atoms with Crippen molar-refractivity contribution >= 4 is 28.3 Å². The topological polar surface area (TPSA) is 49.9 Å². The zero-order valence-corrected chi connectivity index (χ0v) is 14.2. The van der Waals surface area contributed by atoms with E-state index >= 15 is 0 Å². The molecule has 0 spiro atoms. The SMILES string of the molecule is CCCCC(=O)c1c(-c2ccccc2)c(=O)[nH]c2ccc(Cl)cc12. The van der Waals surface area contributed by atoms with E-state index in [4.69, 9.17) is 11.6 Å². The zero-order chi connectivity index (χ0) is 17.1. The highest BCUT2D eigenvalue weighted by Crippen LogP contribution is 2.29. The molecule has 3 rings (SSSR count). The highest BCUT2D eigenvalue weighted by Gasteiger charge is 2.20. The number of ketones is 1. The van der Waals surface area contributed by atoms with Gasteiger partial charge >= 0.3 is 0 Å². The third-order valence-electron chi connectivity index (χ3n) is 4.07. The van der Waals surface area contributed by atoms with Crippen molar-refractivity contribution in [2.45, 2.75) is 26.2 Å². The molecular formula is C20H18ClNO2. The van der Waals surface area contributed by atoms with Crippen LogP contribution in [0.1, 0.15) is 36.5 Å². The number of unbranched alkanes of at least 4 members (excludes halogenated alkanes) is 1. The molecular weight excluding hydrogens is 322 g/mol. The largest absolute Gasteiger partial charge is 0.321 e. The minimum Gasteiger partial charge on any atom is -0.321 e. The van der Waals surface area contributed by atoms with Gasteiger partial charge in [0.1, 0.15) is 0 Å². The maximum Gasteiger partial charge on any atom is 0.257 e. The molecule has 122 valence electrons. The number of pyridine rings is 1. The average molecular weight is 340 g/mol. The summed E-state index contributed by atoms with van der Waals surface area (Å²) in [5.41, 5.74) is 2.00. The number of fused-ring (bicyclic) bond motifs is 1. The molecule has 3 aromatic rings. The van der Waals surface area contributed by atoms with Gasteiger partial charge in [-0.1, -0.05) is 55.3 Å². The Bertz CT molecular complexity index is 945. The van der Waals surface area contributed by atoms with E-state index in [1.807, 2.05) is 37.3 Å². The second kappa shape index (κ2) is 7.02. The van der Waals surface area contributed by atoms with E-state index in [0.717, 1.165) is 18.4 Å². The number of carbonyl (C=O) groups excluding carboxylic acids is 1. The highest BCUT2D eigenvalue weighted by molar-refractivity contribution is 6.31. The standard InChI is InChI=1S/C20H18ClNO2/c1-2-3-9-17(23)19-15-12-14(21)10-11-16(15)22-20(24)18(19)13-7-5-4-6-8-13/h4-8,10-12H,2-3,9H2,1H3,(H,22,24). The molecule has 1 heterocycles. The molecule has 0 bridgehead atoms. The van der Waals surface area contributed by atoms with Crippen molar-refractivity contribution < 1.29 is 4.79 Å². The number of hydrogen-bond acceptors (Lipinski definition) is 2. The molecule has 0 aliphatic carbocycles. The van der Waals surface area contributed by atoms with E-state index in [-0.39, 0.29) is 11.3 Å². The summed E-state index contributed by atoms with van der Waals surface area (Å²) in [6.45, 7) is 2.04. The Balaban J connectivity index is 2.35. The van der Waals surface area contributed by atoms with E-state index in [0.29, 0.717) is 33.5 Å². The highest BCUT2D eigenvalue weighted by atomic mass is 35.5. The molecule has 0 amide bonds. The molecule has 0 fully saturated rings. The van der Waals surface area contributed by atoms with Crippen LogP contribution in [0.15, 0.2) is 53.3 Å². The van der Waals surface area contributed by atoms with Crippen molar-refractivity contribution in [2.75, 3.05) is 0 Å². The van der Waals surface area contributed by atoms with Crippen LogP contribution in [0, 0.1) is 0 Å². The van der Waals surface area contributed by atoms with Crippen molar-refractivity contribution in [3.8, 4) is 11.1 Å². The van der Waals surface area contributed by atoms with Gasteiger partial charge in [0.05, 0.1) is 5.56 Å². The number of nitrogens with one attached hydrogen (secondary N) is 1. The van der Waals surface area contributed by atoms with Gasteiger partial charge in [-0.2, -0.15) is 0 Å². The normalized spacial score (nSPS) is 10.9. The van der Waals surface area contributed by atoms with Crippen molar-refractivity contribution in [3.05, 3.63) is 69.5 Å². The summed E-state index contributed by atoms with van der Waals surface area (Å²) in [7, 11) is 0. The van der Waals surface area contributed by atoms with Gasteiger partial charge in [-0.25, -0.2) is 0 Å². The Morgan fingerprint density at radius 2 is 1.88 bits per heavy atom. The minimum absolute atomic E-state index is 0.0194. The van der Waals surface area contributed by atoms with Crippen LogP contribution in [-0.2, 0) is 0 Å². The van der Waals surface area contributed by atoms with Crippen LogP contribution in [0.25, 0.3) is 22.0 Å². The van der Waals surface area contributed by atoms with E-state index in [1.54, 1.807) is 18.2 Å². The number of benzene rings is 2. The lowest BCUT2D eigenvalue weighted by Gasteiger charge is -2.12. The number of aromatic amines is 1. The Hall–Kier alpha value is -2.39. The number of halogens is 1. The Labute approximate surface area is 145 Å². The lowest BCUT2D eigenvalue weighted by Crippen LogP contribution is -2.16. The van der Waals surface area contributed by atoms with Crippen molar-refractivity contribution in [3.63, 3.8) is 0 Å². The fraction of sp³-hybridized carbons (Fsp3) is 0.200. The molecule has 0 saturated carbocycles. The van der Waals surface area contributed by atoms with Crippen LogP contribution >= 0.6 is 11.6 Å². The predicted octanol–water partition coefficient (Wildman–Crippen LogP) is 5.22. The Morgan fingerprint density at radius 3 is 2.58 bits per heavy atom. The fourth-order valence-electron chi connectivity index (χ4n) is 2.90. The van der Waals surface area contributed by atoms with Gasteiger partial charge in [0.2, 0.25) is 0 Å². The van der Waals surface area contributed by atoms with Gasteiger partial charge in [-0.05, 0) is 30.2 Å². The molecule has 1 N–H and O–H groups in total. The first-order valence-corrected chi connectivity index (χ1v) is 8.43. The number of carbonyl (C=O) groups is 1. The summed E-state index contributed by atoms with van der Waals surface area (Å²) in [6.07, 6.45) is 2.14. The molecule has 24 heavy (non-hydrogen) atoms. The van der Waals surface area contributed by atoms with Crippen molar-refractivity contribution in [1.82, 2.24) is 4.98 Å². The molecule has 0 radical (unpaired) electrons. The smallest absolute Gasteiger partial charge is 0.257 e. The van der Waals surface area contributed by atoms with Gasteiger partial charge in [-0.15, -0.1) is 0 Å². The molecule has 0 saturated heterocycles. The minimum atomic E-state index is -0.254. The Morgan fingerprint density at radius 1 is 1.12 bits per heavy atom. The number of Topliss-reactive ketones (excluding diaryl/α,β-unsaturated/α-hetero) is 1. The van der Waals surface area contributed by atoms with E-state index < -0.39 is 0 Å². The monoisotopic (exact) mass is 339 g/mol. The van der Waals surface area contributed by atoms with Crippen LogP contribution in [0.5, 0.6) is 0 Å². The number of rotatable bonds is 5. The summed E-state index contributed by atoms with van der Waals surface area (Å²) in [6, 6.07) is 14.5. The van der Waals surface area contributed by atoms with Crippen LogP contribution in [-0.4, -0.2) is 10.8 Å². The second-order valence-electron chi connectivity index (χ2n) is 5.79. The van der Waals surface area contributed by atoms with Gasteiger partial charge in [0.25, 0.3) is 5.56 Å². The van der Waals surface area contributed by atoms with Crippen LogP contribution in [0.2, 0.25) is 5.02 Å². The Kier molecular flexibility index (Phi) is 4.81. The third kappa shape index (κ3) is 3.13. The average Bonchev–Trinajstić information content (AvgIpc) is 2.59. The first-order valence-electron chi connectivity index (χ1n) is 8.06. The number of H-pyrrole nitrogens is 1. The van der Waals surface area contributed by atoms with E-state index in [1.165, 1.54) is 0 Å². The van der Waals surface area contributed by atoms with Gasteiger partial charge in [0, 0.05) is 27.9 Å². The quantitative estimate of drug-likeness (QED) is 0.648. The second-order valence-corrected chi connectivity index (χ2v) is 6.22. The molecule has 0 aliphatic heterocycles. The van der Waals surface area contributed by atoms with E-state index in [9.17, 15) is 9.59 Å². The molecule has 2 aromatic carbocycles. The third-order valence-corrected chi connectivity index (χ3v) is 4.31. The fourth-order valence-corrected chi connectivity index (χ4v) is 3.07. The molecule has 0 atom stereocenters. The lowest BCUT2D eigenvalue weighted by atomic mass is 9.93. The van der Waals surface area contributed by atoms with Gasteiger partial charge in [-0.3, -0.25) is 9.59 Å². The number of aromatic nitrogens is 1. The molecule has 0 aliphatic rings. The number of hydrogen-bond donors (Lipinski definition) is 1. The zero-order valence-electron chi connectivity index (χ0n) is 13.4. The van der Waals surface area contributed by atoms with Crippen LogP contribution < -0.4 is 5.56 Å². The molecule has 4 heteroatoms. The van der Waals surface area contributed by atoms with Crippen molar-refractivity contribution in [1.29, 1.82) is 0 Å². The van der Waals surface area contributed by atoms with Crippen molar-refractivity contribution in [2.24, 2.45) is 0 Å². The first kappa shape index (κ1) is 16.5. The maximum absolute atomic E-state index is 12.9. The van der Waals surface area contributed by atoms with Gasteiger partial charge < -0.3 is 4.98 Å². The summed E-state index contributed by atoms with van der Waals surface area (Å²) < 4.78 is 0. The molecule has 3 nitrogen and oxygen atoms in total. The molecule has 0 unspecified atom stereocenters. The first-order chi connectivity index (χ1) is 11.6. The summed E-state index contributed by atoms with van der Waals surface area (Å²) in [4.78, 5) is 28.4. The summed E-state index contributed by atoms with van der Waals surface area (Å²) >= 11 is 6.13. The summed E-state index contributed by atoms with van der Waals surface area (Å²) in [5, 5.41) is 1.24. The van der Waals surface area contributed by atoms with Gasteiger partial charge in [0.15, 0.2) is 5.78 Å². The van der Waals surface area contributed by atoms with Crippen LogP contribution in [0.4, 0.5) is 0 Å². The summed E-state index contributed by atoms with van der Waals surface area (Å²) in [5.74, 6) is -0.0194. The predicted molar refractivity (Wildman–Crippen MR) is 98.9 cm³/mol. The van der Waals surface area contributed by atoms with E-state index in [2.05, 4.69) is 4.98 Å². The molecule has 1 aromatic heterocycles.